The lowest BCUT2D eigenvalue weighted by Crippen LogP contribution is -2.20. The van der Waals surface area contributed by atoms with E-state index in [1.807, 2.05) is 6.33 Å². The van der Waals surface area contributed by atoms with Crippen LogP contribution in [0.25, 0.3) is 0 Å². The van der Waals surface area contributed by atoms with Crippen LogP contribution < -0.4 is 5.32 Å². The van der Waals surface area contributed by atoms with Crippen LogP contribution >= 0.6 is 0 Å². The largest absolute Gasteiger partial charge is 0.334 e. The van der Waals surface area contributed by atoms with Crippen LogP contribution in [0.3, 0.4) is 0 Å². The van der Waals surface area contributed by atoms with Crippen LogP contribution in [-0.2, 0) is 13.0 Å². The maximum Gasteiger partial charge on any atom is 0.0948 e. The van der Waals surface area contributed by atoms with Gasteiger partial charge in [-0.25, -0.2) is 4.98 Å². The molecule has 0 spiro atoms. The van der Waals surface area contributed by atoms with E-state index in [1.165, 1.54) is 57.4 Å². The molecule has 1 N–H and O–H groups in total. The highest BCUT2D eigenvalue weighted by Gasteiger charge is 2.20. The van der Waals surface area contributed by atoms with Gasteiger partial charge >= 0.3 is 0 Å². The standard InChI is InChI=1S/C13H21N3/c1-2-11(3-1)9-16-10-15-8-13(16)6-12-4-5-14-7-12/h8,10-12,14H,1-7,9H2. The number of imidazole rings is 1. The van der Waals surface area contributed by atoms with Crippen molar-refractivity contribution < 1.29 is 0 Å². The fourth-order valence-corrected chi connectivity index (χ4v) is 2.82. The normalized spacial score (nSPS) is 25.9. The SMILES string of the molecule is c1ncn(CC2CCC2)c1CC1CCNC1. The Kier molecular flexibility index (Phi) is 2.96. The van der Waals surface area contributed by atoms with Crippen LogP contribution in [0, 0.1) is 11.8 Å². The van der Waals surface area contributed by atoms with Crippen LogP contribution in [0.2, 0.25) is 0 Å². The van der Waals surface area contributed by atoms with Gasteiger partial charge in [-0.3, -0.25) is 0 Å². The Labute approximate surface area is 97.3 Å². The van der Waals surface area contributed by atoms with Gasteiger partial charge in [-0.1, -0.05) is 6.42 Å². The molecule has 0 radical (unpaired) electrons. The van der Waals surface area contributed by atoms with E-state index in [4.69, 9.17) is 0 Å². The molecule has 16 heavy (non-hydrogen) atoms. The van der Waals surface area contributed by atoms with Crippen molar-refractivity contribution in [1.29, 1.82) is 0 Å². The third-order valence-corrected chi connectivity index (χ3v) is 4.14. The van der Waals surface area contributed by atoms with E-state index < -0.39 is 0 Å². The molecular formula is C13H21N3. The van der Waals surface area contributed by atoms with Crippen molar-refractivity contribution in [1.82, 2.24) is 14.9 Å². The molecule has 2 heterocycles. The molecule has 1 aromatic heterocycles. The molecule has 1 aliphatic carbocycles. The zero-order chi connectivity index (χ0) is 10.8. The third-order valence-electron chi connectivity index (χ3n) is 4.14. The van der Waals surface area contributed by atoms with Crippen LogP contribution in [0.5, 0.6) is 0 Å². The Hall–Kier alpha value is -0.830. The average molecular weight is 219 g/mol. The monoisotopic (exact) mass is 219 g/mol. The van der Waals surface area contributed by atoms with Crippen molar-refractivity contribution in [2.24, 2.45) is 11.8 Å². The Morgan fingerprint density at radius 2 is 2.25 bits per heavy atom. The lowest BCUT2D eigenvalue weighted by molar-refractivity contribution is 0.273. The van der Waals surface area contributed by atoms with E-state index in [0.29, 0.717) is 0 Å². The minimum absolute atomic E-state index is 0.830. The summed E-state index contributed by atoms with van der Waals surface area (Å²) in [7, 11) is 0. The number of hydrogen-bond donors (Lipinski definition) is 1. The minimum atomic E-state index is 0.830. The van der Waals surface area contributed by atoms with Crippen molar-refractivity contribution in [2.75, 3.05) is 13.1 Å². The number of hydrogen-bond acceptors (Lipinski definition) is 2. The fourth-order valence-electron chi connectivity index (χ4n) is 2.82. The first-order valence-corrected chi connectivity index (χ1v) is 6.61. The molecule has 3 heteroatoms. The van der Waals surface area contributed by atoms with Gasteiger partial charge in [0.2, 0.25) is 0 Å². The zero-order valence-electron chi connectivity index (χ0n) is 9.86. The molecule has 3 rings (SSSR count). The molecule has 1 aromatic rings. The Morgan fingerprint density at radius 3 is 2.94 bits per heavy atom. The quantitative estimate of drug-likeness (QED) is 0.837. The summed E-state index contributed by atoms with van der Waals surface area (Å²) >= 11 is 0. The topological polar surface area (TPSA) is 29.9 Å². The molecule has 88 valence electrons. The predicted octanol–water partition coefficient (Wildman–Crippen LogP) is 1.84. The molecule has 1 atom stereocenters. The number of rotatable bonds is 4. The van der Waals surface area contributed by atoms with Crippen LogP contribution in [0.1, 0.15) is 31.4 Å². The number of nitrogens with zero attached hydrogens (tertiary/aromatic N) is 2. The number of aromatic nitrogens is 2. The third kappa shape index (κ3) is 2.14. The van der Waals surface area contributed by atoms with E-state index in [2.05, 4.69) is 21.1 Å². The van der Waals surface area contributed by atoms with Gasteiger partial charge in [0.05, 0.1) is 6.33 Å². The Bertz CT molecular complexity index is 335. The van der Waals surface area contributed by atoms with Crippen molar-refractivity contribution in [3.05, 3.63) is 18.2 Å². The van der Waals surface area contributed by atoms with Crippen LogP contribution in [0.15, 0.2) is 12.5 Å². The molecule has 1 unspecified atom stereocenters. The van der Waals surface area contributed by atoms with Crippen molar-refractivity contribution in [2.45, 2.75) is 38.6 Å². The molecule has 1 saturated carbocycles. The Morgan fingerprint density at radius 1 is 1.31 bits per heavy atom. The van der Waals surface area contributed by atoms with Crippen LogP contribution in [-0.4, -0.2) is 22.6 Å². The first kappa shape index (κ1) is 10.3. The highest BCUT2D eigenvalue weighted by atomic mass is 15.0. The van der Waals surface area contributed by atoms with Gasteiger partial charge in [-0.15, -0.1) is 0 Å². The first-order valence-electron chi connectivity index (χ1n) is 6.61. The second-order valence-corrected chi connectivity index (χ2v) is 5.40. The first-order chi connectivity index (χ1) is 7.92. The second kappa shape index (κ2) is 4.58. The zero-order valence-corrected chi connectivity index (χ0v) is 9.86. The van der Waals surface area contributed by atoms with Gasteiger partial charge in [0.15, 0.2) is 0 Å². The summed E-state index contributed by atoms with van der Waals surface area (Å²) in [6.45, 7) is 3.59. The van der Waals surface area contributed by atoms with Gasteiger partial charge in [0.1, 0.15) is 0 Å². The summed E-state index contributed by atoms with van der Waals surface area (Å²) in [5.41, 5.74) is 1.45. The van der Waals surface area contributed by atoms with Crippen molar-refractivity contribution >= 4 is 0 Å². The smallest absolute Gasteiger partial charge is 0.0948 e. The summed E-state index contributed by atoms with van der Waals surface area (Å²) in [6, 6.07) is 0. The number of nitrogens with one attached hydrogen (secondary N) is 1. The lowest BCUT2D eigenvalue weighted by Gasteiger charge is -2.26. The molecule has 1 aliphatic heterocycles. The van der Waals surface area contributed by atoms with Crippen molar-refractivity contribution in [3.8, 4) is 0 Å². The molecule has 0 aromatic carbocycles. The van der Waals surface area contributed by atoms with Crippen molar-refractivity contribution in [3.63, 3.8) is 0 Å². The average Bonchev–Trinajstić information content (AvgIpc) is 2.84. The highest BCUT2D eigenvalue weighted by molar-refractivity contribution is 5.01. The second-order valence-electron chi connectivity index (χ2n) is 5.40. The predicted molar refractivity (Wildman–Crippen MR) is 64.2 cm³/mol. The van der Waals surface area contributed by atoms with Gasteiger partial charge in [-0.05, 0) is 50.6 Å². The molecule has 0 amide bonds. The highest BCUT2D eigenvalue weighted by Crippen LogP contribution is 2.28. The molecule has 3 nitrogen and oxygen atoms in total. The van der Waals surface area contributed by atoms with Gasteiger partial charge < -0.3 is 9.88 Å². The summed E-state index contributed by atoms with van der Waals surface area (Å²) < 4.78 is 2.39. The summed E-state index contributed by atoms with van der Waals surface area (Å²) in [5.74, 6) is 1.76. The summed E-state index contributed by atoms with van der Waals surface area (Å²) in [5, 5.41) is 3.44. The molecular weight excluding hydrogens is 198 g/mol. The van der Waals surface area contributed by atoms with Gasteiger partial charge in [-0.2, -0.15) is 0 Å². The van der Waals surface area contributed by atoms with E-state index in [-0.39, 0.29) is 0 Å². The van der Waals surface area contributed by atoms with E-state index in [9.17, 15) is 0 Å². The molecule has 2 fully saturated rings. The van der Waals surface area contributed by atoms with Crippen LogP contribution in [0.4, 0.5) is 0 Å². The Balaban J connectivity index is 1.61. The molecule has 1 saturated heterocycles. The minimum Gasteiger partial charge on any atom is -0.334 e. The lowest BCUT2D eigenvalue weighted by atomic mass is 9.85. The summed E-state index contributed by atoms with van der Waals surface area (Å²) in [6.07, 6.45) is 10.9. The molecule has 0 bridgehead atoms. The maximum absolute atomic E-state index is 4.32. The van der Waals surface area contributed by atoms with Gasteiger partial charge in [0, 0.05) is 18.4 Å². The van der Waals surface area contributed by atoms with Gasteiger partial charge in [0.25, 0.3) is 0 Å². The summed E-state index contributed by atoms with van der Waals surface area (Å²) in [4.78, 5) is 4.32. The van der Waals surface area contributed by atoms with E-state index in [1.54, 1.807) is 0 Å². The maximum atomic E-state index is 4.32. The van der Waals surface area contributed by atoms with E-state index in [0.717, 1.165) is 11.8 Å². The fraction of sp³-hybridized carbons (Fsp3) is 0.769. The molecule has 2 aliphatic rings. The van der Waals surface area contributed by atoms with E-state index >= 15 is 0 Å².